The molecule has 4 heterocycles. The molecule has 0 aliphatic heterocycles. The Morgan fingerprint density at radius 2 is 1.03 bits per heavy atom. The fourth-order valence-electron chi connectivity index (χ4n) is 8.31. The minimum absolute atomic E-state index is 0. The van der Waals surface area contributed by atoms with E-state index in [2.05, 4.69) is 79.7 Å². The first-order valence-corrected chi connectivity index (χ1v) is 22.6. The number of rotatable bonds is 18. The maximum absolute atomic E-state index is 13.6. The molecular formula is C51H69LiN6O9. The summed E-state index contributed by atoms with van der Waals surface area (Å²) in [5.74, 6) is 1.52. The van der Waals surface area contributed by atoms with Crippen molar-refractivity contribution in [2.24, 2.45) is 25.9 Å². The Kier molecular flexibility index (Phi) is 22.6. The third kappa shape index (κ3) is 13.0. The number of carbonyl (C=O) groups excluding carboxylic acids is 1. The van der Waals surface area contributed by atoms with E-state index in [-0.39, 0.29) is 72.9 Å². The molecule has 0 aliphatic rings. The summed E-state index contributed by atoms with van der Waals surface area (Å²) in [4.78, 5) is 72.9. The molecule has 16 heteroatoms. The molecule has 0 amide bonds. The van der Waals surface area contributed by atoms with Crippen molar-refractivity contribution in [3.63, 3.8) is 0 Å². The predicted molar refractivity (Wildman–Crippen MR) is 262 cm³/mol. The van der Waals surface area contributed by atoms with Gasteiger partial charge in [0.15, 0.2) is 0 Å². The summed E-state index contributed by atoms with van der Waals surface area (Å²) in [6.07, 6.45) is 7.24. The maximum atomic E-state index is 13.6. The summed E-state index contributed by atoms with van der Waals surface area (Å²) < 4.78 is 10.2. The quantitative estimate of drug-likeness (QED) is 0.0744. The van der Waals surface area contributed by atoms with Crippen molar-refractivity contribution < 1.29 is 44.5 Å². The van der Waals surface area contributed by atoms with Gasteiger partial charge in [0.25, 0.3) is 17.6 Å². The van der Waals surface area contributed by atoms with Gasteiger partial charge in [-0.15, -0.1) is 0 Å². The molecule has 0 saturated carbocycles. The Morgan fingerprint density at radius 1 is 0.642 bits per heavy atom. The molecule has 0 saturated heterocycles. The molecule has 0 spiro atoms. The van der Waals surface area contributed by atoms with E-state index >= 15 is 0 Å². The van der Waals surface area contributed by atoms with Crippen LogP contribution in [0, 0.1) is 11.8 Å². The molecule has 0 unspecified atom stereocenters. The van der Waals surface area contributed by atoms with Crippen molar-refractivity contribution in [3.05, 3.63) is 125 Å². The number of carbonyl (C=O) groups is 1. The zero-order valence-corrected chi connectivity index (χ0v) is 41.3. The number of aliphatic hydroxyl groups is 1. The van der Waals surface area contributed by atoms with E-state index < -0.39 is 5.69 Å². The van der Waals surface area contributed by atoms with Crippen LogP contribution in [0.5, 0.6) is 0 Å². The average Bonchev–Trinajstić information content (AvgIpc) is 3.27. The zero-order chi connectivity index (χ0) is 46.8. The molecule has 358 valence electrons. The molecule has 4 aromatic heterocycles. The standard InChI is InChI=1S/C26H33N3O4.C25H33N3O3.Li.2H2O/c1-17(2)11-12-21-23-22(15-27-24(21)20-10-7-6-9-19(20)18(3)4)28(5)26(32)29(25(23)31)13-8-14-33-16-30;1-16(2)11-12-20-22-21(27(5)25(31)28(24(22)30)13-8-14-29)15-26-23(20)19-10-7-6-9-18(19)17(3)4;;;/h6-7,9-10,15-18H,8,11-14H2,1-5H3;6-7,9-10,15-17,29H,8,11-14H2,1-5H3;;2*1H2/q;;+1;;/p-1. The van der Waals surface area contributed by atoms with Crippen LogP contribution >= 0.6 is 0 Å². The molecular weight excluding hydrogens is 848 g/mol. The maximum Gasteiger partial charge on any atom is 1.00 e. The molecule has 6 aromatic rings. The van der Waals surface area contributed by atoms with Gasteiger partial charge in [0.05, 0.1) is 52.2 Å². The van der Waals surface area contributed by atoms with Crippen LogP contribution < -0.4 is 41.4 Å². The van der Waals surface area contributed by atoms with Crippen LogP contribution in [0.1, 0.15) is 115 Å². The summed E-state index contributed by atoms with van der Waals surface area (Å²) in [5.41, 5.74) is 7.53. The van der Waals surface area contributed by atoms with Gasteiger partial charge in [0.2, 0.25) is 0 Å². The Hall–Kier alpha value is -5.43. The second-order valence-electron chi connectivity index (χ2n) is 18.0. The van der Waals surface area contributed by atoms with E-state index in [0.717, 1.165) is 46.5 Å². The molecule has 0 atom stereocenters. The van der Waals surface area contributed by atoms with Gasteiger partial charge in [-0.1, -0.05) is 104 Å². The molecule has 15 nitrogen and oxygen atoms in total. The number of aryl methyl sites for hydroxylation is 4. The summed E-state index contributed by atoms with van der Waals surface area (Å²) in [7, 11) is 3.34. The van der Waals surface area contributed by atoms with Crippen LogP contribution in [0.25, 0.3) is 44.3 Å². The Bertz CT molecular complexity index is 2840. The van der Waals surface area contributed by atoms with Crippen LogP contribution in [0.4, 0.5) is 0 Å². The van der Waals surface area contributed by atoms with Crippen molar-refractivity contribution in [2.45, 2.75) is 119 Å². The number of pyridine rings is 2. The van der Waals surface area contributed by atoms with E-state index in [1.807, 2.05) is 24.3 Å². The molecule has 0 bridgehead atoms. The predicted octanol–water partition coefficient (Wildman–Crippen LogP) is 3.90. The molecule has 6 rings (SSSR count). The Labute approximate surface area is 404 Å². The molecule has 0 aliphatic carbocycles. The van der Waals surface area contributed by atoms with E-state index in [1.54, 1.807) is 26.5 Å². The first-order chi connectivity index (χ1) is 30.5. The number of aliphatic hydroxyl groups excluding tert-OH is 1. The molecule has 67 heavy (non-hydrogen) atoms. The van der Waals surface area contributed by atoms with Gasteiger partial charge < -0.3 is 20.8 Å². The normalized spacial score (nSPS) is 11.1. The van der Waals surface area contributed by atoms with E-state index in [4.69, 9.17) is 14.7 Å². The van der Waals surface area contributed by atoms with Gasteiger partial charge in [0, 0.05) is 44.9 Å². The molecule has 2 aromatic carbocycles. The molecule has 0 fully saturated rings. The fraction of sp³-hybridized carbons (Fsp3) is 0.471. The van der Waals surface area contributed by atoms with Crippen LogP contribution in [0.3, 0.4) is 0 Å². The first kappa shape index (κ1) is 57.7. The second kappa shape index (κ2) is 26.2. The molecule has 0 radical (unpaired) electrons. The fourth-order valence-corrected chi connectivity index (χ4v) is 8.31. The Balaban J connectivity index is 0.000000441. The monoisotopic (exact) mass is 917 g/mol. The Morgan fingerprint density at radius 3 is 1.39 bits per heavy atom. The SMILES string of the molecule is CC(C)CCc1c(-c2ccccc2C(C)C)ncc2c1c(=O)n(CCCO)c(=O)n2C.CC(C)CCc1c(-c2ccccc2C(C)C)ncc2c1c(=O)n(CCCOC=O)c(=O)n2C.O.[Li+].[OH-]. The topological polar surface area (TPSA) is 222 Å². The van der Waals surface area contributed by atoms with Crippen molar-refractivity contribution in [2.75, 3.05) is 13.2 Å². The zero-order valence-electron chi connectivity index (χ0n) is 41.3. The number of hydrogen-bond acceptors (Lipinski definition) is 10. The number of hydrogen-bond donors (Lipinski definition) is 1. The summed E-state index contributed by atoms with van der Waals surface area (Å²) in [6.45, 7) is 18.1. The van der Waals surface area contributed by atoms with Crippen LogP contribution in [-0.4, -0.2) is 64.0 Å². The third-order valence-electron chi connectivity index (χ3n) is 11.9. The van der Waals surface area contributed by atoms with Crippen LogP contribution in [-0.2, 0) is 49.6 Å². The van der Waals surface area contributed by atoms with Crippen LogP contribution in [0.15, 0.2) is 80.1 Å². The van der Waals surface area contributed by atoms with E-state index in [0.29, 0.717) is 77.6 Å². The first-order valence-electron chi connectivity index (χ1n) is 22.6. The van der Waals surface area contributed by atoms with E-state index in [9.17, 15) is 29.1 Å². The summed E-state index contributed by atoms with van der Waals surface area (Å²) in [6, 6.07) is 16.4. The molecule has 4 N–H and O–H groups in total. The van der Waals surface area contributed by atoms with Gasteiger partial charge >= 0.3 is 30.2 Å². The van der Waals surface area contributed by atoms with Crippen molar-refractivity contribution in [3.8, 4) is 22.5 Å². The average molecular weight is 917 g/mol. The van der Waals surface area contributed by atoms with Gasteiger partial charge in [-0.2, -0.15) is 0 Å². The second-order valence-corrected chi connectivity index (χ2v) is 18.0. The minimum Gasteiger partial charge on any atom is -0.870 e. The summed E-state index contributed by atoms with van der Waals surface area (Å²) >= 11 is 0. The number of nitrogens with zero attached hydrogens (tertiary/aromatic N) is 6. The van der Waals surface area contributed by atoms with Crippen LogP contribution in [0.2, 0.25) is 0 Å². The summed E-state index contributed by atoms with van der Waals surface area (Å²) in [5, 5.41) is 10.3. The largest absolute Gasteiger partial charge is 1.00 e. The van der Waals surface area contributed by atoms with Crippen molar-refractivity contribution >= 4 is 28.3 Å². The third-order valence-corrected chi connectivity index (χ3v) is 11.9. The van der Waals surface area contributed by atoms with Crippen molar-refractivity contribution in [1.29, 1.82) is 0 Å². The van der Waals surface area contributed by atoms with Gasteiger partial charge in [-0.05, 0) is 84.5 Å². The minimum atomic E-state index is -0.398. The number of benzene rings is 2. The van der Waals surface area contributed by atoms with Crippen molar-refractivity contribution in [1.82, 2.24) is 28.2 Å². The number of ether oxygens (including phenoxy) is 1. The smallest absolute Gasteiger partial charge is 0.870 e. The van der Waals surface area contributed by atoms with Gasteiger partial charge in [-0.3, -0.25) is 42.6 Å². The van der Waals surface area contributed by atoms with E-state index in [1.165, 1.54) is 29.4 Å². The number of aromatic nitrogens is 6. The number of fused-ring (bicyclic) bond motifs is 2. The van der Waals surface area contributed by atoms with Gasteiger partial charge in [0.1, 0.15) is 0 Å². The van der Waals surface area contributed by atoms with Gasteiger partial charge in [-0.25, -0.2) is 9.59 Å².